The van der Waals surface area contributed by atoms with E-state index in [0.29, 0.717) is 5.70 Å². The summed E-state index contributed by atoms with van der Waals surface area (Å²) in [5.74, 6) is 2.02. The predicted molar refractivity (Wildman–Crippen MR) is 39.8 cm³/mol. The molecule has 0 spiro atoms. The first kappa shape index (κ1) is 8.57. The van der Waals surface area contributed by atoms with Crippen LogP contribution in [-0.2, 0) is 4.79 Å². The molecule has 0 heterocycles. The Hall–Kier alpha value is -1.43. The van der Waals surface area contributed by atoms with E-state index in [-0.39, 0.29) is 12.5 Å². The van der Waals surface area contributed by atoms with Crippen molar-refractivity contribution in [3.8, 4) is 12.3 Å². The molecular weight excluding hydrogens is 128 g/mol. The fourth-order valence-corrected chi connectivity index (χ4v) is 0.396. The van der Waals surface area contributed by atoms with Crippen LogP contribution in [0.4, 0.5) is 0 Å². The lowest BCUT2D eigenvalue weighted by molar-refractivity contribution is -0.116. The number of carbonyl (C=O) groups is 1. The van der Waals surface area contributed by atoms with Gasteiger partial charge in [-0.2, -0.15) is 0 Å². The van der Waals surface area contributed by atoms with Crippen LogP contribution in [0.2, 0.25) is 0 Å². The fourth-order valence-electron chi connectivity index (χ4n) is 0.396. The van der Waals surface area contributed by atoms with Crippen LogP contribution in [0.15, 0.2) is 11.8 Å². The molecule has 3 N–H and O–H groups in total. The molecule has 3 nitrogen and oxygen atoms in total. The summed E-state index contributed by atoms with van der Waals surface area (Å²) in [7, 11) is 0. The van der Waals surface area contributed by atoms with Crippen molar-refractivity contribution < 1.29 is 4.79 Å². The minimum absolute atomic E-state index is 0.239. The molecule has 0 unspecified atom stereocenters. The first-order valence-electron chi connectivity index (χ1n) is 2.82. The van der Waals surface area contributed by atoms with E-state index in [1.807, 2.05) is 0 Å². The number of amides is 1. The molecule has 0 fully saturated rings. The number of hydrogen-bond donors (Lipinski definition) is 2. The van der Waals surface area contributed by atoms with E-state index < -0.39 is 0 Å². The molecule has 3 heteroatoms. The molecule has 0 radical (unpaired) electrons. The maximum atomic E-state index is 10.6. The third-order valence-electron chi connectivity index (χ3n) is 0.723. The zero-order chi connectivity index (χ0) is 7.98. The molecule has 0 rings (SSSR count). The molecule has 0 atom stereocenters. The number of nitrogens with two attached hydrogens (primary N) is 1. The lowest BCUT2D eigenvalue weighted by atomic mass is 10.4. The number of allylic oxidation sites excluding steroid dienone is 1. The summed E-state index contributed by atoms with van der Waals surface area (Å²) in [6.45, 7) is 1.87. The van der Waals surface area contributed by atoms with Gasteiger partial charge in [0.05, 0.1) is 6.54 Å². The standard InChI is InChI=1S/C7H10N2O/c1-3-4-9-7(10)5-6(2)8/h1,5H,4,8H2,2H3,(H,9,10). The van der Waals surface area contributed by atoms with E-state index in [0.717, 1.165) is 0 Å². The van der Waals surface area contributed by atoms with Crippen molar-refractivity contribution in [3.63, 3.8) is 0 Å². The second kappa shape index (κ2) is 4.45. The van der Waals surface area contributed by atoms with E-state index in [2.05, 4.69) is 11.2 Å². The van der Waals surface area contributed by atoms with Crippen LogP contribution in [0, 0.1) is 12.3 Å². The Labute approximate surface area is 60.3 Å². The molecule has 0 aliphatic heterocycles. The van der Waals surface area contributed by atoms with Crippen LogP contribution in [0.3, 0.4) is 0 Å². The smallest absolute Gasteiger partial charge is 0.246 e. The van der Waals surface area contributed by atoms with E-state index in [1.54, 1.807) is 6.92 Å². The molecule has 0 aromatic heterocycles. The highest BCUT2D eigenvalue weighted by molar-refractivity contribution is 5.88. The lowest BCUT2D eigenvalue weighted by Crippen LogP contribution is -2.21. The van der Waals surface area contributed by atoms with Crippen LogP contribution in [-0.4, -0.2) is 12.5 Å². The van der Waals surface area contributed by atoms with Crippen molar-refractivity contribution in [2.24, 2.45) is 5.73 Å². The number of terminal acetylenes is 1. The summed E-state index contributed by atoms with van der Waals surface area (Å²) in [6.07, 6.45) is 6.18. The van der Waals surface area contributed by atoms with Gasteiger partial charge in [0, 0.05) is 11.8 Å². The molecule has 0 aliphatic rings. The first-order valence-corrected chi connectivity index (χ1v) is 2.82. The Morgan fingerprint density at radius 2 is 2.50 bits per heavy atom. The molecule has 10 heavy (non-hydrogen) atoms. The number of nitrogens with one attached hydrogen (secondary N) is 1. The summed E-state index contributed by atoms with van der Waals surface area (Å²) in [5.41, 5.74) is 5.68. The third-order valence-corrected chi connectivity index (χ3v) is 0.723. The van der Waals surface area contributed by atoms with E-state index >= 15 is 0 Å². The van der Waals surface area contributed by atoms with Crippen molar-refractivity contribution in [1.29, 1.82) is 0 Å². The number of rotatable bonds is 2. The van der Waals surface area contributed by atoms with Crippen LogP contribution in [0.5, 0.6) is 0 Å². The van der Waals surface area contributed by atoms with Crippen molar-refractivity contribution in [2.75, 3.05) is 6.54 Å². The summed E-state index contributed by atoms with van der Waals surface area (Å²) in [6, 6.07) is 0. The molecule has 0 aromatic rings. The Kier molecular flexibility index (Phi) is 3.81. The predicted octanol–water partition coefficient (Wildman–Crippen LogP) is -0.402. The molecule has 0 saturated heterocycles. The zero-order valence-corrected chi connectivity index (χ0v) is 5.85. The topological polar surface area (TPSA) is 55.1 Å². The zero-order valence-electron chi connectivity index (χ0n) is 5.85. The van der Waals surface area contributed by atoms with E-state index in [4.69, 9.17) is 12.2 Å². The lowest BCUT2D eigenvalue weighted by Gasteiger charge is -1.94. The third kappa shape index (κ3) is 4.72. The second-order valence-electron chi connectivity index (χ2n) is 1.81. The molecule has 0 aliphatic carbocycles. The number of hydrogen-bond acceptors (Lipinski definition) is 2. The van der Waals surface area contributed by atoms with Gasteiger partial charge in [0.2, 0.25) is 5.91 Å². The molecule has 0 aromatic carbocycles. The first-order chi connectivity index (χ1) is 4.66. The Bertz CT molecular complexity index is 184. The summed E-state index contributed by atoms with van der Waals surface area (Å²) < 4.78 is 0. The van der Waals surface area contributed by atoms with E-state index in [1.165, 1.54) is 6.08 Å². The van der Waals surface area contributed by atoms with Gasteiger partial charge in [0.15, 0.2) is 0 Å². The van der Waals surface area contributed by atoms with Gasteiger partial charge >= 0.3 is 0 Å². The van der Waals surface area contributed by atoms with Gasteiger partial charge in [0.1, 0.15) is 0 Å². The normalized spacial score (nSPS) is 10.2. The highest BCUT2D eigenvalue weighted by Crippen LogP contribution is 1.77. The van der Waals surface area contributed by atoms with Crippen molar-refractivity contribution >= 4 is 5.91 Å². The average Bonchev–Trinajstić information content (AvgIpc) is 1.82. The average molecular weight is 138 g/mol. The minimum Gasteiger partial charge on any atom is -0.402 e. The van der Waals surface area contributed by atoms with Crippen molar-refractivity contribution in [2.45, 2.75) is 6.92 Å². The summed E-state index contributed by atoms with van der Waals surface area (Å²) in [5, 5.41) is 2.43. The SMILES string of the molecule is C#CCNC(=O)C=C(C)N. The van der Waals surface area contributed by atoms with Gasteiger partial charge in [-0.25, -0.2) is 0 Å². The minimum atomic E-state index is -0.252. The summed E-state index contributed by atoms with van der Waals surface area (Å²) >= 11 is 0. The van der Waals surface area contributed by atoms with Crippen LogP contribution in [0.25, 0.3) is 0 Å². The molecule has 0 saturated carbocycles. The van der Waals surface area contributed by atoms with Gasteiger partial charge in [-0.15, -0.1) is 6.42 Å². The van der Waals surface area contributed by atoms with E-state index in [9.17, 15) is 4.79 Å². The Balaban J connectivity index is 3.68. The van der Waals surface area contributed by atoms with Gasteiger partial charge in [-0.3, -0.25) is 4.79 Å². The molecule has 0 bridgehead atoms. The fraction of sp³-hybridized carbons (Fsp3) is 0.286. The van der Waals surface area contributed by atoms with Crippen LogP contribution in [0.1, 0.15) is 6.92 Å². The molecule has 1 amide bonds. The van der Waals surface area contributed by atoms with Crippen molar-refractivity contribution in [3.05, 3.63) is 11.8 Å². The number of carbonyl (C=O) groups excluding carboxylic acids is 1. The van der Waals surface area contributed by atoms with Crippen LogP contribution >= 0.6 is 0 Å². The van der Waals surface area contributed by atoms with Crippen molar-refractivity contribution in [1.82, 2.24) is 5.32 Å². The summed E-state index contributed by atoms with van der Waals surface area (Å²) in [4.78, 5) is 10.6. The van der Waals surface area contributed by atoms with Gasteiger partial charge < -0.3 is 11.1 Å². The maximum absolute atomic E-state index is 10.6. The maximum Gasteiger partial charge on any atom is 0.246 e. The van der Waals surface area contributed by atoms with Gasteiger partial charge in [0.25, 0.3) is 0 Å². The van der Waals surface area contributed by atoms with Crippen LogP contribution < -0.4 is 11.1 Å². The largest absolute Gasteiger partial charge is 0.402 e. The monoisotopic (exact) mass is 138 g/mol. The molecule has 54 valence electrons. The Morgan fingerprint density at radius 3 is 2.90 bits per heavy atom. The van der Waals surface area contributed by atoms with Gasteiger partial charge in [-0.1, -0.05) is 5.92 Å². The quantitative estimate of drug-likeness (QED) is 0.403. The Morgan fingerprint density at radius 1 is 1.90 bits per heavy atom. The highest BCUT2D eigenvalue weighted by atomic mass is 16.1. The van der Waals surface area contributed by atoms with Gasteiger partial charge in [-0.05, 0) is 6.92 Å². The highest BCUT2D eigenvalue weighted by Gasteiger charge is 1.91. The molecular formula is C7H10N2O. The second-order valence-corrected chi connectivity index (χ2v) is 1.81.